The molecule has 1 N–H and O–H groups in total. The molecule has 3 aromatic rings. The standard InChI is InChI=1S/C21H26N4O4S/c1-12-4-7-19-18(8-12)22-21(29-19)28-17-9-15-5-6-16(10-17)25(15)11-30(26,27)20-13(2)23-24-14(20)3/h4,7-8,15-17H,5-6,9-11H2,1-3H3,(H,23,24)/t15-,16+,17?. The Morgan fingerprint density at radius 2 is 1.93 bits per heavy atom. The van der Waals surface area contributed by atoms with E-state index in [4.69, 9.17) is 9.15 Å². The van der Waals surface area contributed by atoms with Crippen molar-refractivity contribution >= 4 is 20.9 Å². The van der Waals surface area contributed by atoms with Crippen LogP contribution < -0.4 is 4.74 Å². The number of rotatable bonds is 5. The largest absolute Gasteiger partial charge is 0.447 e. The van der Waals surface area contributed by atoms with Crippen molar-refractivity contribution in [2.24, 2.45) is 0 Å². The first-order valence-corrected chi connectivity index (χ1v) is 12.0. The third-order valence-corrected chi connectivity index (χ3v) is 8.18. The van der Waals surface area contributed by atoms with Gasteiger partial charge in [0.1, 0.15) is 22.4 Å². The molecule has 30 heavy (non-hydrogen) atoms. The number of benzene rings is 1. The maximum atomic E-state index is 13.1. The van der Waals surface area contributed by atoms with Crippen LogP contribution in [0.1, 0.15) is 42.6 Å². The summed E-state index contributed by atoms with van der Waals surface area (Å²) in [6.07, 6.45) is 3.78. The monoisotopic (exact) mass is 430 g/mol. The van der Waals surface area contributed by atoms with Crippen molar-refractivity contribution in [3.05, 3.63) is 35.2 Å². The molecule has 4 heterocycles. The van der Waals surface area contributed by atoms with E-state index >= 15 is 0 Å². The van der Waals surface area contributed by atoms with Crippen LogP contribution in [0.4, 0.5) is 0 Å². The predicted molar refractivity (Wildman–Crippen MR) is 111 cm³/mol. The van der Waals surface area contributed by atoms with E-state index < -0.39 is 9.84 Å². The quantitative estimate of drug-likeness (QED) is 0.663. The summed E-state index contributed by atoms with van der Waals surface area (Å²) in [6.45, 7) is 5.50. The fourth-order valence-corrected chi connectivity index (χ4v) is 6.95. The van der Waals surface area contributed by atoms with Gasteiger partial charge in [0, 0.05) is 24.9 Å². The lowest BCUT2D eigenvalue weighted by Crippen LogP contribution is -2.48. The molecular weight excluding hydrogens is 404 g/mol. The topological polar surface area (TPSA) is 101 Å². The molecule has 8 nitrogen and oxygen atoms in total. The number of nitrogens with one attached hydrogen (secondary N) is 1. The first-order chi connectivity index (χ1) is 14.3. The van der Waals surface area contributed by atoms with E-state index in [2.05, 4.69) is 20.1 Å². The Kier molecular flexibility index (Phi) is 4.62. The smallest absolute Gasteiger partial charge is 0.394 e. The number of nitrogens with zero attached hydrogens (tertiary/aromatic N) is 3. The first kappa shape index (κ1) is 19.6. The molecule has 2 aliphatic heterocycles. The Bertz CT molecular complexity index is 1170. The van der Waals surface area contributed by atoms with Crippen LogP contribution in [-0.2, 0) is 9.84 Å². The Balaban J connectivity index is 1.30. The molecule has 0 spiro atoms. The highest BCUT2D eigenvalue weighted by atomic mass is 32.2. The summed E-state index contributed by atoms with van der Waals surface area (Å²) in [5.74, 6) is 0.0262. The molecule has 160 valence electrons. The van der Waals surface area contributed by atoms with Crippen LogP contribution in [0.3, 0.4) is 0 Å². The fraction of sp³-hybridized carbons (Fsp3) is 0.524. The van der Waals surface area contributed by atoms with E-state index in [1.807, 2.05) is 25.1 Å². The zero-order valence-electron chi connectivity index (χ0n) is 17.4. The van der Waals surface area contributed by atoms with E-state index in [0.29, 0.717) is 27.9 Å². The summed E-state index contributed by atoms with van der Waals surface area (Å²) in [5.41, 5.74) is 3.77. The van der Waals surface area contributed by atoms with Gasteiger partial charge in [0.25, 0.3) is 0 Å². The molecule has 2 aromatic heterocycles. The van der Waals surface area contributed by atoms with Crippen LogP contribution >= 0.6 is 0 Å². The lowest BCUT2D eigenvalue weighted by Gasteiger charge is -2.37. The molecular formula is C21H26N4O4S. The Hall–Kier alpha value is -2.39. The van der Waals surface area contributed by atoms with Crippen LogP contribution in [0.5, 0.6) is 6.08 Å². The van der Waals surface area contributed by atoms with Crippen molar-refractivity contribution < 1.29 is 17.6 Å². The minimum atomic E-state index is -3.44. The second-order valence-electron chi connectivity index (χ2n) is 8.57. The average molecular weight is 431 g/mol. The highest BCUT2D eigenvalue weighted by Gasteiger charge is 2.44. The maximum Gasteiger partial charge on any atom is 0.394 e. The van der Waals surface area contributed by atoms with Crippen LogP contribution in [0, 0.1) is 20.8 Å². The molecule has 2 bridgehead atoms. The Morgan fingerprint density at radius 1 is 1.20 bits per heavy atom. The number of hydrogen-bond acceptors (Lipinski definition) is 7. The van der Waals surface area contributed by atoms with Gasteiger partial charge in [0.15, 0.2) is 15.4 Å². The predicted octanol–water partition coefficient (Wildman–Crippen LogP) is 3.28. The number of aryl methyl sites for hydroxylation is 3. The lowest BCUT2D eigenvalue weighted by molar-refractivity contribution is 0.0437. The zero-order chi connectivity index (χ0) is 21.0. The number of hydrogen-bond donors (Lipinski definition) is 1. The average Bonchev–Trinajstić information content (AvgIpc) is 3.28. The SMILES string of the molecule is Cc1ccc2oc(OC3C[C@H]4CC[C@@H](C3)N4CS(=O)(=O)c3c(C)n[nH]c3C)nc2c1. The van der Waals surface area contributed by atoms with Gasteiger partial charge in [0.2, 0.25) is 0 Å². The van der Waals surface area contributed by atoms with E-state index in [-0.39, 0.29) is 24.1 Å². The van der Waals surface area contributed by atoms with Crippen LogP contribution in [0.15, 0.2) is 27.5 Å². The number of ether oxygens (including phenoxy) is 1. The van der Waals surface area contributed by atoms with E-state index in [0.717, 1.165) is 36.8 Å². The van der Waals surface area contributed by atoms with E-state index in [1.165, 1.54) is 0 Å². The Labute approximate surface area is 175 Å². The number of aromatic nitrogens is 3. The van der Waals surface area contributed by atoms with Gasteiger partial charge < -0.3 is 9.15 Å². The number of sulfone groups is 1. The molecule has 0 aliphatic carbocycles. The molecule has 3 atom stereocenters. The van der Waals surface area contributed by atoms with Gasteiger partial charge in [-0.2, -0.15) is 10.1 Å². The van der Waals surface area contributed by atoms with Crippen molar-refractivity contribution in [3.8, 4) is 6.08 Å². The van der Waals surface area contributed by atoms with Crippen molar-refractivity contribution in [2.75, 3.05) is 5.88 Å². The van der Waals surface area contributed by atoms with Crippen molar-refractivity contribution in [1.82, 2.24) is 20.1 Å². The number of aromatic amines is 1. The van der Waals surface area contributed by atoms with Crippen LogP contribution in [0.25, 0.3) is 11.1 Å². The molecule has 2 fully saturated rings. The first-order valence-electron chi connectivity index (χ1n) is 10.3. The summed E-state index contributed by atoms with van der Waals surface area (Å²) in [7, 11) is -3.44. The van der Waals surface area contributed by atoms with Crippen LogP contribution in [0.2, 0.25) is 0 Å². The summed E-state index contributed by atoms with van der Waals surface area (Å²) in [4.78, 5) is 6.93. The second-order valence-corrected chi connectivity index (χ2v) is 10.5. The molecule has 1 aromatic carbocycles. The third kappa shape index (κ3) is 3.39. The highest BCUT2D eigenvalue weighted by molar-refractivity contribution is 7.91. The second kappa shape index (κ2) is 7.09. The van der Waals surface area contributed by atoms with Crippen molar-refractivity contribution in [2.45, 2.75) is 69.5 Å². The highest BCUT2D eigenvalue weighted by Crippen LogP contribution is 2.38. The molecule has 2 aliphatic rings. The summed E-state index contributed by atoms with van der Waals surface area (Å²) in [5, 5.41) is 6.83. The Morgan fingerprint density at radius 3 is 2.60 bits per heavy atom. The number of piperidine rings is 1. The molecule has 2 saturated heterocycles. The van der Waals surface area contributed by atoms with Crippen molar-refractivity contribution in [1.29, 1.82) is 0 Å². The minimum Gasteiger partial charge on any atom is -0.447 e. The van der Waals surface area contributed by atoms with E-state index in [1.54, 1.807) is 13.8 Å². The maximum absolute atomic E-state index is 13.1. The fourth-order valence-electron chi connectivity index (χ4n) is 5.00. The van der Waals surface area contributed by atoms with Gasteiger partial charge in [-0.3, -0.25) is 10.00 Å². The summed E-state index contributed by atoms with van der Waals surface area (Å²) >= 11 is 0. The molecule has 9 heteroatoms. The number of H-pyrrole nitrogens is 1. The number of fused-ring (bicyclic) bond motifs is 3. The van der Waals surface area contributed by atoms with Gasteiger partial charge in [-0.05, 0) is 51.3 Å². The van der Waals surface area contributed by atoms with Gasteiger partial charge in [-0.1, -0.05) is 6.07 Å². The van der Waals surface area contributed by atoms with Gasteiger partial charge in [0.05, 0.1) is 11.4 Å². The molecule has 0 saturated carbocycles. The summed E-state index contributed by atoms with van der Waals surface area (Å²) in [6, 6.07) is 6.23. The van der Waals surface area contributed by atoms with Gasteiger partial charge >= 0.3 is 6.08 Å². The van der Waals surface area contributed by atoms with Gasteiger partial charge in [-0.15, -0.1) is 0 Å². The number of oxazole rings is 1. The lowest BCUT2D eigenvalue weighted by atomic mass is 10.0. The molecule has 0 amide bonds. The molecule has 1 unspecified atom stereocenters. The van der Waals surface area contributed by atoms with Crippen molar-refractivity contribution in [3.63, 3.8) is 0 Å². The summed E-state index contributed by atoms with van der Waals surface area (Å²) < 4.78 is 38.0. The minimum absolute atomic E-state index is 0.0204. The normalized spacial score (nSPS) is 24.6. The van der Waals surface area contributed by atoms with Crippen LogP contribution in [-0.4, -0.2) is 52.6 Å². The molecule has 5 rings (SSSR count). The van der Waals surface area contributed by atoms with E-state index in [9.17, 15) is 8.42 Å². The molecule has 0 radical (unpaired) electrons. The zero-order valence-corrected chi connectivity index (χ0v) is 18.2. The third-order valence-electron chi connectivity index (χ3n) is 6.32. The van der Waals surface area contributed by atoms with Gasteiger partial charge in [-0.25, -0.2) is 8.42 Å².